The number of fused-ring (bicyclic) bond motifs is 6. The highest BCUT2D eigenvalue weighted by atomic mass is 35.5. The van der Waals surface area contributed by atoms with Crippen molar-refractivity contribution >= 4 is 67.1 Å². The molecule has 0 N–H and O–H groups in total. The molecule has 0 aliphatic heterocycles. The lowest BCUT2D eigenvalue weighted by Crippen LogP contribution is -1.85. The summed E-state index contributed by atoms with van der Waals surface area (Å²) in [5, 5.41) is 8.28. The molecule has 4 rings (SSSR count). The third kappa shape index (κ3) is 1.83. The molecule has 0 aliphatic rings. The maximum atomic E-state index is 6.45. The Balaban J connectivity index is 2.51. The zero-order valence-corrected chi connectivity index (χ0v) is 13.1. The fraction of sp³-hybridized carbons (Fsp3) is 0. The van der Waals surface area contributed by atoms with E-state index in [1.165, 1.54) is 0 Å². The third-order valence-corrected chi connectivity index (χ3v) is 4.79. The first kappa shape index (κ1) is 13.2. The van der Waals surface area contributed by atoms with Gasteiger partial charge in [-0.05, 0) is 34.4 Å². The van der Waals surface area contributed by atoms with Crippen molar-refractivity contribution in [2.75, 3.05) is 0 Å². The number of rotatable bonds is 0. The van der Waals surface area contributed by atoms with Gasteiger partial charge in [-0.1, -0.05) is 71.2 Å². The Morgan fingerprint density at radius 1 is 0.429 bits per heavy atom. The molecule has 0 fully saturated rings. The minimum atomic E-state index is 0.710. The smallest absolute Gasteiger partial charge is 0.0490 e. The molecule has 0 radical (unpaired) electrons. The van der Waals surface area contributed by atoms with Gasteiger partial charge in [-0.25, -0.2) is 0 Å². The Morgan fingerprint density at radius 3 is 1.00 bits per heavy atom. The molecule has 0 nitrogen and oxygen atoms in total. The SMILES string of the molecule is Clc1cccc2c1c1cccc(Cl)c1c1cccc(Cl)c21. The lowest BCUT2D eigenvalue weighted by molar-refractivity contribution is 1.77. The van der Waals surface area contributed by atoms with Gasteiger partial charge in [0.05, 0.1) is 0 Å². The van der Waals surface area contributed by atoms with Gasteiger partial charge in [-0.3, -0.25) is 0 Å². The first-order chi connectivity index (χ1) is 10.2. The molecule has 0 amide bonds. The zero-order chi connectivity index (χ0) is 14.6. The summed E-state index contributed by atoms with van der Waals surface area (Å²) in [4.78, 5) is 0. The van der Waals surface area contributed by atoms with Crippen LogP contribution in [0.25, 0.3) is 32.3 Å². The van der Waals surface area contributed by atoms with Crippen LogP contribution in [0.5, 0.6) is 0 Å². The van der Waals surface area contributed by atoms with Gasteiger partial charge in [0.15, 0.2) is 0 Å². The Kier molecular flexibility index (Phi) is 3.00. The highest BCUT2D eigenvalue weighted by Gasteiger charge is 2.14. The van der Waals surface area contributed by atoms with Crippen LogP contribution in [0, 0.1) is 0 Å². The van der Waals surface area contributed by atoms with E-state index < -0.39 is 0 Å². The molecule has 0 aliphatic carbocycles. The molecule has 0 spiro atoms. The van der Waals surface area contributed by atoms with E-state index in [0.29, 0.717) is 15.1 Å². The normalized spacial score (nSPS) is 11.6. The van der Waals surface area contributed by atoms with E-state index in [4.69, 9.17) is 34.8 Å². The van der Waals surface area contributed by atoms with Crippen LogP contribution in [0.1, 0.15) is 0 Å². The predicted octanol–water partition coefficient (Wildman–Crippen LogP) is 7.11. The Hall–Kier alpha value is -1.47. The van der Waals surface area contributed by atoms with E-state index in [0.717, 1.165) is 32.3 Å². The summed E-state index contributed by atoms with van der Waals surface area (Å²) >= 11 is 19.4. The zero-order valence-electron chi connectivity index (χ0n) is 10.8. The van der Waals surface area contributed by atoms with Gasteiger partial charge < -0.3 is 0 Å². The van der Waals surface area contributed by atoms with Crippen LogP contribution in [0.15, 0.2) is 54.6 Å². The molecular formula is C18H9Cl3. The maximum absolute atomic E-state index is 6.45. The lowest BCUT2D eigenvalue weighted by atomic mass is 9.94. The van der Waals surface area contributed by atoms with Crippen LogP contribution in [0.3, 0.4) is 0 Å². The van der Waals surface area contributed by atoms with E-state index >= 15 is 0 Å². The van der Waals surface area contributed by atoms with Crippen LogP contribution < -0.4 is 0 Å². The Labute approximate surface area is 136 Å². The van der Waals surface area contributed by atoms with Crippen LogP contribution in [-0.4, -0.2) is 0 Å². The van der Waals surface area contributed by atoms with Crippen molar-refractivity contribution in [2.24, 2.45) is 0 Å². The predicted molar refractivity (Wildman–Crippen MR) is 94.0 cm³/mol. The molecule has 102 valence electrons. The van der Waals surface area contributed by atoms with Crippen molar-refractivity contribution in [1.29, 1.82) is 0 Å². The fourth-order valence-electron chi connectivity index (χ4n) is 3.02. The summed E-state index contributed by atoms with van der Waals surface area (Å²) in [6, 6.07) is 17.7. The largest absolute Gasteiger partial charge is 0.0836 e. The van der Waals surface area contributed by atoms with Gasteiger partial charge in [-0.15, -0.1) is 0 Å². The molecule has 4 aromatic rings. The van der Waals surface area contributed by atoms with Gasteiger partial charge in [-0.2, -0.15) is 0 Å². The first-order valence-corrected chi connectivity index (χ1v) is 7.68. The molecule has 21 heavy (non-hydrogen) atoms. The summed E-state index contributed by atoms with van der Waals surface area (Å²) in [6.45, 7) is 0. The second kappa shape index (κ2) is 4.78. The van der Waals surface area contributed by atoms with Crippen LogP contribution in [0.2, 0.25) is 15.1 Å². The molecule has 0 unspecified atom stereocenters. The van der Waals surface area contributed by atoms with Gasteiger partial charge in [0.2, 0.25) is 0 Å². The van der Waals surface area contributed by atoms with Crippen LogP contribution in [0.4, 0.5) is 0 Å². The first-order valence-electron chi connectivity index (χ1n) is 6.55. The van der Waals surface area contributed by atoms with E-state index in [2.05, 4.69) is 18.2 Å². The summed E-state index contributed by atoms with van der Waals surface area (Å²) in [5.41, 5.74) is 0. The highest BCUT2D eigenvalue weighted by Crippen LogP contribution is 2.42. The lowest BCUT2D eigenvalue weighted by Gasteiger charge is -2.13. The molecule has 3 heteroatoms. The summed E-state index contributed by atoms with van der Waals surface area (Å²) in [6.07, 6.45) is 0. The van der Waals surface area contributed by atoms with Crippen molar-refractivity contribution in [2.45, 2.75) is 0 Å². The minimum absolute atomic E-state index is 0.710. The van der Waals surface area contributed by atoms with Crippen molar-refractivity contribution < 1.29 is 0 Å². The van der Waals surface area contributed by atoms with E-state index in [-0.39, 0.29) is 0 Å². The van der Waals surface area contributed by atoms with Crippen molar-refractivity contribution in [3.05, 3.63) is 69.7 Å². The summed E-state index contributed by atoms with van der Waals surface area (Å²) in [5.74, 6) is 0. The maximum Gasteiger partial charge on any atom is 0.0490 e. The van der Waals surface area contributed by atoms with Gasteiger partial charge in [0.25, 0.3) is 0 Å². The van der Waals surface area contributed by atoms with Gasteiger partial charge in [0.1, 0.15) is 0 Å². The van der Waals surface area contributed by atoms with E-state index in [1.54, 1.807) is 0 Å². The summed E-state index contributed by atoms with van der Waals surface area (Å²) < 4.78 is 0. The number of benzene rings is 4. The number of hydrogen-bond acceptors (Lipinski definition) is 0. The quantitative estimate of drug-likeness (QED) is 0.301. The molecule has 0 aromatic heterocycles. The molecule has 0 saturated carbocycles. The molecule has 0 heterocycles. The molecular weight excluding hydrogens is 323 g/mol. The molecule has 0 saturated heterocycles. The fourth-order valence-corrected chi connectivity index (χ4v) is 3.85. The van der Waals surface area contributed by atoms with E-state index in [1.807, 2.05) is 36.4 Å². The average Bonchev–Trinajstić information content (AvgIpc) is 2.47. The second-order valence-electron chi connectivity index (χ2n) is 4.99. The number of hydrogen-bond donors (Lipinski definition) is 0. The highest BCUT2D eigenvalue weighted by molar-refractivity contribution is 6.47. The van der Waals surface area contributed by atoms with Crippen molar-refractivity contribution in [3.8, 4) is 0 Å². The molecule has 4 aromatic carbocycles. The third-order valence-electron chi connectivity index (χ3n) is 3.85. The number of halogens is 3. The van der Waals surface area contributed by atoms with E-state index in [9.17, 15) is 0 Å². The minimum Gasteiger partial charge on any atom is -0.0836 e. The summed E-state index contributed by atoms with van der Waals surface area (Å²) in [7, 11) is 0. The van der Waals surface area contributed by atoms with Crippen LogP contribution >= 0.6 is 34.8 Å². The average molecular weight is 332 g/mol. The van der Waals surface area contributed by atoms with Crippen molar-refractivity contribution in [1.82, 2.24) is 0 Å². The second-order valence-corrected chi connectivity index (χ2v) is 6.21. The molecule has 0 bridgehead atoms. The molecule has 0 atom stereocenters. The van der Waals surface area contributed by atoms with Crippen molar-refractivity contribution in [3.63, 3.8) is 0 Å². The van der Waals surface area contributed by atoms with Gasteiger partial charge >= 0.3 is 0 Å². The monoisotopic (exact) mass is 330 g/mol. The standard InChI is InChI=1S/C18H9Cl3/c19-13-7-1-4-10-16(13)11-5-2-9-15(21)18(11)12-6-3-8-14(20)17(10)12/h1-9H. The topological polar surface area (TPSA) is 0 Å². The van der Waals surface area contributed by atoms with Gasteiger partial charge in [0, 0.05) is 31.2 Å². The Bertz CT molecular complexity index is 856. The van der Waals surface area contributed by atoms with Crippen LogP contribution in [-0.2, 0) is 0 Å². The Morgan fingerprint density at radius 2 is 0.714 bits per heavy atom.